The minimum atomic E-state index is -4.59. The summed E-state index contributed by atoms with van der Waals surface area (Å²) in [5.41, 5.74) is 2.24. The predicted molar refractivity (Wildman–Crippen MR) is 122 cm³/mol. The van der Waals surface area contributed by atoms with Crippen molar-refractivity contribution in [2.45, 2.75) is 32.4 Å². The van der Waals surface area contributed by atoms with Gasteiger partial charge >= 0.3 is 12.1 Å². The average molecular weight is 468 g/mol. The molecule has 3 N–H and O–H groups in total. The van der Waals surface area contributed by atoms with Gasteiger partial charge in [-0.15, -0.1) is 0 Å². The van der Waals surface area contributed by atoms with Gasteiger partial charge < -0.3 is 15.1 Å². The van der Waals surface area contributed by atoms with Crippen LogP contribution in [0.5, 0.6) is 0 Å². The number of nitrogens with one attached hydrogen (secondary N) is 2. The number of alkyl halides is 3. The number of aromatic amines is 2. The number of benzene rings is 2. The number of carboxylic acid groups (broad SMARTS) is 1. The van der Waals surface area contributed by atoms with Crippen LogP contribution in [0.15, 0.2) is 42.6 Å². The molecule has 0 spiro atoms. The molecule has 1 aliphatic rings. The van der Waals surface area contributed by atoms with Crippen LogP contribution in [0.4, 0.5) is 17.6 Å². The molecule has 0 fully saturated rings. The molecule has 2 aromatic heterocycles. The lowest BCUT2D eigenvalue weighted by Gasteiger charge is -2.17. The fourth-order valence-corrected chi connectivity index (χ4v) is 4.84. The van der Waals surface area contributed by atoms with E-state index in [9.17, 15) is 27.5 Å². The van der Waals surface area contributed by atoms with Crippen LogP contribution in [0.25, 0.3) is 39.4 Å². The Morgan fingerprint density at radius 3 is 2.56 bits per heavy atom. The van der Waals surface area contributed by atoms with E-state index in [0.29, 0.717) is 45.3 Å². The van der Waals surface area contributed by atoms with E-state index >= 15 is 0 Å². The highest BCUT2D eigenvalue weighted by molar-refractivity contribution is 6.03. The van der Waals surface area contributed by atoms with Crippen molar-refractivity contribution in [1.82, 2.24) is 9.97 Å². The largest absolute Gasteiger partial charge is 0.477 e. The Morgan fingerprint density at radius 1 is 1.12 bits per heavy atom. The SMILES string of the molecule is CC(C)c1c(-c2cc(F)cc3[nH]ccc23)[nH]c(C(=O)O)c1-c1cc(C(F)(F)F)cc2c1C=CC2. The van der Waals surface area contributed by atoms with Crippen LogP contribution >= 0.6 is 0 Å². The van der Waals surface area contributed by atoms with E-state index in [0.717, 1.165) is 12.1 Å². The number of aromatic carboxylic acids is 1. The fraction of sp³-hybridized carbons (Fsp3) is 0.192. The molecule has 0 saturated heterocycles. The summed E-state index contributed by atoms with van der Waals surface area (Å²) in [5, 5.41) is 10.7. The Morgan fingerprint density at radius 2 is 1.88 bits per heavy atom. The van der Waals surface area contributed by atoms with Crippen LogP contribution in [-0.4, -0.2) is 21.0 Å². The molecule has 0 unspecified atom stereocenters. The number of hydrogen-bond acceptors (Lipinski definition) is 1. The van der Waals surface area contributed by atoms with Gasteiger partial charge in [-0.1, -0.05) is 26.0 Å². The maximum absolute atomic E-state index is 14.5. The van der Waals surface area contributed by atoms with E-state index in [-0.39, 0.29) is 22.7 Å². The molecule has 0 radical (unpaired) electrons. The Bertz CT molecular complexity index is 1490. The van der Waals surface area contributed by atoms with Crippen molar-refractivity contribution in [3.63, 3.8) is 0 Å². The first kappa shape index (κ1) is 22.0. The third-order valence-corrected chi connectivity index (χ3v) is 6.22. The maximum Gasteiger partial charge on any atom is 0.416 e. The Kier molecular flexibility index (Phi) is 4.93. The van der Waals surface area contributed by atoms with Crippen molar-refractivity contribution in [2.75, 3.05) is 0 Å². The van der Waals surface area contributed by atoms with Gasteiger partial charge in [-0.3, -0.25) is 0 Å². The summed E-state index contributed by atoms with van der Waals surface area (Å²) >= 11 is 0. The number of rotatable bonds is 4. The molecular formula is C26H20F4N2O2. The molecule has 2 heterocycles. The zero-order valence-corrected chi connectivity index (χ0v) is 18.3. The number of fused-ring (bicyclic) bond motifs is 2. The van der Waals surface area contributed by atoms with Gasteiger partial charge in [-0.05, 0) is 64.9 Å². The second-order valence-electron chi connectivity index (χ2n) is 8.72. The molecule has 8 heteroatoms. The lowest BCUT2D eigenvalue weighted by molar-refractivity contribution is -0.137. The van der Waals surface area contributed by atoms with Crippen LogP contribution in [0, 0.1) is 5.82 Å². The van der Waals surface area contributed by atoms with Crippen LogP contribution in [0.3, 0.4) is 0 Å². The quantitative estimate of drug-likeness (QED) is 0.274. The van der Waals surface area contributed by atoms with Crippen LogP contribution in [-0.2, 0) is 12.6 Å². The molecule has 2 aromatic carbocycles. The summed E-state index contributed by atoms with van der Waals surface area (Å²) in [4.78, 5) is 18.2. The Hall–Kier alpha value is -3.81. The molecule has 1 aliphatic carbocycles. The molecule has 0 amide bonds. The number of H-pyrrole nitrogens is 2. The number of hydrogen-bond donors (Lipinski definition) is 3. The number of aromatic nitrogens is 2. The number of allylic oxidation sites excluding steroid dienone is 1. The Balaban J connectivity index is 1.90. The fourth-order valence-electron chi connectivity index (χ4n) is 4.84. The molecule has 4 aromatic rings. The minimum Gasteiger partial charge on any atom is -0.477 e. The van der Waals surface area contributed by atoms with E-state index in [1.165, 1.54) is 12.1 Å². The van der Waals surface area contributed by atoms with Crippen molar-refractivity contribution in [3.05, 3.63) is 76.4 Å². The van der Waals surface area contributed by atoms with Gasteiger partial charge in [0.15, 0.2) is 0 Å². The van der Waals surface area contributed by atoms with Gasteiger partial charge in [-0.2, -0.15) is 13.2 Å². The molecule has 5 rings (SSSR count). The molecule has 0 aliphatic heterocycles. The Labute approximate surface area is 191 Å². The third kappa shape index (κ3) is 3.41. The minimum absolute atomic E-state index is 0.194. The van der Waals surface area contributed by atoms with Gasteiger partial charge in [0.2, 0.25) is 0 Å². The first-order valence-corrected chi connectivity index (χ1v) is 10.7. The molecular weight excluding hydrogens is 448 g/mol. The maximum atomic E-state index is 14.5. The monoisotopic (exact) mass is 468 g/mol. The lowest BCUT2D eigenvalue weighted by Crippen LogP contribution is -2.08. The van der Waals surface area contributed by atoms with E-state index in [1.54, 1.807) is 24.4 Å². The number of carbonyl (C=O) groups is 1. The van der Waals surface area contributed by atoms with Crippen LogP contribution < -0.4 is 0 Å². The lowest BCUT2D eigenvalue weighted by atomic mass is 9.86. The van der Waals surface area contributed by atoms with Crippen LogP contribution in [0.1, 0.15) is 52.5 Å². The van der Waals surface area contributed by atoms with Crippen molar-refractivity contribution < 1.29 is 27.5 Å². The van der Waals surface area contributed by atoms with Gasteiger partial charge in [0.25, 0.3) is 0 Å². The van der Waals surface area contributed by atoms with Gasteiger partial charge in [-0.25, -0.2) is 9.18 Å². The zero-order chi connectivity index (χ0) is 24.4. The molecule has 0 atom stereocenters. The highest BCUT2D eigenvalue weighted by Gasteiger charge is 2.35. The van der Waals surface area contributed by atoms with E-state index in [2.05, 4.69) is 9.97 Å². The van der Waals surface area contributed by atoms with E-state index in [4.69, 9.17) is 0 Å². The summed E-state index contributed by atoms with van der Waals surface area (Å²) in [6.45, 7) is 3.66. The summed E-state index contributed by atoms with van der Waals surface area (Å²) in [6.07, 6.45) is 0.867. The van der Waals surface area contributed by atoms with Crippen LogP contribution in [0.2, 0.25) is 0 Å². The highest BCUT2D eigenvalue weighted by Crippen LogP contribution is 2.46. The molecule has 0 bridgehead atoms. The molecule has 0 saturated carbocycles. The second kappa shape index (κ2) is 7.62. The molecule has 34 heavy (non-hydrogen) atoms. The van der Waals surface area contributed by atoms with Gasteiger partial charge in [0.05, 0.1) is 11.3 Å². The number of carboxylic acids is 1. The average Bonchev–Trinajstić information content (AvgIpc) is 3.48. The van der Waals surface area contributed by atoms with Gasteiger partial charge in [0.1, 0.15) is 11.5 Å². The van der Waals surface area contributed by atoms with Crippen molar-refractivity contribution in [3.8, 4) is 22.4 Å². The second-order valence-corrected chi connectivity index (χ2v) is 8.72. The standard InChI is InChI=1S/C26H20F4N2O2/c1-12(2)21-22(18-9-14(26(28,29)30)8-13-4-3-5-16(13)18)24(25(33)34)32-23(21)19-10-15(27)11-20-17(19)6-7-31-20/h3,5-12,31-32H,4H2,1-2H3,(H,33,34). The molecule has 174 valence electrons. The van der Waals surface area contributed by atoms with Crippen molar-refractivity contribution in [2.24, 2.45) is 0 Å². The van der Waals surface area contributed by atoms with Crippen molar-refractivity contribution in [1.29, 1.82) is 0 Å². The van der Waals surface area contributed by atoms with E-state index in [1.807, 2.05) is 13.8 Å². The summed E-state index contributed by atoms with van der Waals surface area (Å²) in [7, 11) is 0. The van der Waals surface area contributed by atoms with E-state index < -0.39 is 23.5 Å². The van der Waals surface area contributed by atoms with Crippen molar-refractivity contribution >= 4 is 22.9 Å². The zero-order valence-electron chi connectivity index (χ0n) is 18.3. The normalized spacial score (nSPS) is 13.3. The van der Waals surface area contributed by atoms with Gasteiger partial charge in [0, 0.05) is 28.2 Å². The molecule has 4 nitrogen and oxygen atoms in total. The first-order valence-electron chi connectivity index (χ1n) is 10.7. The number of halogens is 4. The summed E-state index contributed by atoms with van der Waals surface area (Å²) in [5.74, 6) is -2.10. The third-order valence-electron chi connectivity index (χ3n) is 6.22. The smallest absolute Gasteiger partial charge is 0.416 e. The topological polar surface area (TPSA) is 68.9 Å². The first-order chi connectivity index (χ1) is 16.1. The summed E-state index contributed by atoms with van der Waals surface area (Å²) < 4.78 is 55.7. The summed E-state index contributed by atoms with van der Waals surface area (Å²) in [6, 6.07) is 6.51. The predicted octanol–water partition coefficient (Wildman–Crippen LogP) is 7.38. The highest BCUT2D eigenvalue weighted by atomic mass is 19.4.